The number of rotatable bonds is 8. The summed E-state index contributed by atoms with van der Waals surface area (Å²) in [6.07, 6.45) is 2.27. The molecular weight excluding hydrogens is 230 g/mol. The van der Waals surface area contributed by atoms with E-state index >= 15 is 0 Å². The fourth-order valence-electron chi connectivity index (χ4n) is 1.34. The average Bonchev–Trinajstić information content (AvgIpc) is 2.16. The number of carboxylic acids is 1. The van der Waals surface area contributed by atoms with Crippen LogP contribution in [0.15, 0.2) is 0 Å². The summed E-state index contributed by atoms with van der Waals surface area (Å²) < 4.78 is 0. The summed E-state index contributed by atoms with van der Waals surface area (Å²) >= 11 is 5.48. The number of aliphatic carboxylic acids is 1. The van der Waals surface area contributed by atoms with Gasteiger partial charge in [0.1, 0.15) is 6.04 Å². The first-order valence-electron chi connectivity index (χ1n) is 5.55. The number of carbonyl (C=O) groups excluding carboxylic acids is 1. The quantitative estimate of drug-likeness (QED) is 0.511. The smallest absolute Gasteiger partial charge is 0.326 e. The molecule has 0 aromatic heterocycles. The maximum absolute atomic E-state index is 11.4. The van der Waals surface area contributed by atoms with E-state index in [9.17, 15) is 9.59 Å². The number of alkyl halides is 1. The van der Waals surface area contributed by atoms with E-state index in [-0.39, 0.29) is 11.8 Å². The Labute approximate surface area is 101 Å². The number of unbranched alkanes of at least 4 members (excludes halogenated alkanes) is 1. The van der Waals surface area contributed by atoms with Crippen molar-refractivity contribution in [1.82, 2.24) is 5.32 Å². The summed E-state index contributed by atoms with van der Waals surface area (Å²) in [5.74, 6) is -0.413. The zero-order valence-corrected chi connectivity index (χ0v) is 10.6. The molecule has 1 atom stereocenters. The highest BCUT2D eigenvalue weighted by atomic mass is 35.5. The Morgan fingerprint density at radius 2 is 1.94 bits per heavy atom. The van der Waals surface area contributed by atoms with E-state index in [1.54, 1.807) is 0 Å². The lowest BCUT2D eigenvalue weighted by Crippen LogP contribution is -2.41. The fourth-order valence-corrected chi connectivity index (χ4v) is 1.53. The monoisotopic (exact) mass is 249 g/mol. The van der Waals surface area contributed by atoms with Gasteiger partial charge in [-0.15, -0.1) is 11.6 Å². The molecule has 0 spiro atoms. The van der Waals surface area contributed by atoms with Crippen molar-refractivity contribution in [3.8, 4) is 0 Å². The van der Waals surface area contributed by atoms with Crippen LogP contribution in [0.25, 0.3) is 0 Å². The van der Waals surface area contributed by atoms with E-state index < -0.39 is 12.0 Å². The number of nitrogens with one attached hydrogen (secondary N) is 1. The lowest BCUT2D eigenvalue weighted by Gasteiger charge is -2.16. The Kier molecular flexibility index (Phi) is 7.99. The summed E-state index contributed by atoms with van der Waals surface area (Å²) in [6, 6.07) is -0.775. The number of halogens is 1. The van der Waals surface area contributed by atoms with Crippen molar-refractivity contribution in [3.05, 3.63) is 0 Å². The van der Waals surface area contributed by atoms with Crippen molar-refractivity contribution in [3.63, 3.8) is 0 Å². The van der Waals surface area contributed by atoms with Gasteiger partial charge >= 0.3 is 5.97 Å². The molecule has 0 saturated heterocycles. The van der Waals surface area contributed by atoms with Crippen molar-refractivity contribution in [2.24, 2.45) is 5.92 Å². The second-order valence-corrected chi connectivity index (χ2v) is 4.61. The molecule has 0 bridgehead atoms. The Morgan fingerprint density at radius 3 is 2.38 bits per heavy atom. The molecule has 0 aliphatic heterocycles. The number of hydrogen-bond acceptors (Lipinski definition) is 2. The number of carbonyl (C=O) groups is 2. The van der Waals surface area contributed by atoms with Gasteiger partial charge in [0.25, 0.3) is 0 Å². The zero-order valence-electron chi connectivity index (χ0n) is 9.83. The van der Waals surface area contributed by atoms with Crippen LogP contribution in [-0.2, 0) is 9.59 Å². The highest BCUT2D eigenvalue weighted by Crippen LogP contribution is 2.06. The number of hydrogen-bond donors (Lipinski definition) is 2. The van der Waals surface area contributed by atoms with Crippen molar-refractivity contribution in [1.29, 1.82) is 0 Å². The molecule has 4 nitrogen and oxygen atoms in total. The van der Waals surface area contributed by atoms with Crippen molar-refractivity contribution in [2.75, 3.05) is 5.88 Å². The Hall–Kier alpha value is -0.770. The van der Waals surface area contributed by atoms with Gasteiger partial charge in [-0.05, 0) is 25.2 Å². The van der Waals surface area contributed by atoms with Crippen LogP contribution in [0, 0.1) is 5.92 Å². The zero-order chi connectivity index (χ0) is 12.6. The van der Waals surface area contributed by atoms with Crippen LogP contribution in [0.5, 0.6) is 0 Å². The van der Waals surface area contributed by atoms with E-state index in [0.29, 0.717) is 25.1 Å². The molecule has 0 fully saturated rings. The minimum Gasteiger partial charge on any atom is -0.480 e. The van der Waals surface area contributed by atoms with Crippen LogP contribution >= 0.6 is 11.6 Å². The Bertz CT molecular complexity index is 231. The average molecular weight is 250 g/mol. The van der Waals surface area contributed by atoms with Crippen molar-refractivity contribution >= 4 is 23.5 Å². The molecule has 0 aliphatic carbocycles. The predicted octanol–water partition coefficient (Wildman–Crippen LogP) is 2.01. The number of amides is 1. The molecule has 0 aromatic carbocycles. The molecule has 0 unspecified atom stereocenters. The first-order valence-corrected chi connectivity index (χ1v) is 6.09. The summed E-state index contributed by atoms with van der Waals surface area (Å²) in [6.45, 7) is 3.85. The van der Waals surface area contributed by atoms with Gasteiger partial charge in [0.2, 0.25) is 5.91 Å². The third kappa shape index (κ3) is 7.51. The van der Waals surface area contributed by atoms with E-state index in [0.717, 1.165) is 6.42 Å². The van der Waals surface area contributed by atoms with Crippen LogP contribution in [0.4, 0.5) is 0 Å². The molecule has 0 heterocycles. The summed E-state index contributed by atoms with van der Waals surface area (Å²) in [7, 11) is 0. The molecule has 94 valence electrons. The molecule has 0 aliphatic rings. The summed E-state index contributed by atoms with van der Waals surface area (Å²) in [4.78, 5) is 22.3. The second kappa shape index (κ2) is 8.39. The van der Waals surface area contributed by atoms with Crippen LogP contribution in [0.3, 0.4) is 0 Å². The molecule has 0 aromatic rings. The van der Waals surface area contributed by atoms with Gasteiger partial charge in [0.05, 0.1) is 0 Å². The topological polar surface area (TPSA) is 66.4 Å². The van der Waals surface area contributed by atoms with Gasteiger partial charge in [0, 0.05) is 12.3 Å². The standard InChI is InChI=1S/C11H20ClNO3/c1-8(2)7-9(11(15)16)13-10(14)5-3-4-6-12/h8-9H,3-7H2,1-2H3,(H,13,14)(H,15,16)/t9-/m0/s1. The largest absolute Gasteiger partial charge is 0.480 e. The maximum Gasteiger partial charge on any atom is 0.326 e. The minimum atomic E-state index is -0.973. The Balaban J connectivity index is 3.98. The molecule has 0 rings (SSSR count). The van der Waals surface area contributed by atoms with E-state index in [4.69, 9.17) is 16.7 Å². The first kappa shape index (κ1) is 15.2. The van der Waals surface area contributed by atoms with Gasteiger partial charge in [-0.25, -0.2) is 4.79 Å². The van der Waals surface area contributed by atoms with Crippen molar-refractivity contribution in [2.45, 2.75) is 45.6 Å². The van der Waals surface area contributed by atoms with Crippen LogP contribution < -0.4 is 5.32 Å². The third-order valence-electron chi connectivity index (χ3n) is 2.13. The van der Waals surface area contributed by atoms with Gasteiger partial charge in [-0.2, -0.15) is 0 Å². The van der Waals surface area contributed by atoms with Gasteiger partial charge in [-0.3, -0.25) is 4.79 Å². The lowest BCUT2D eigenvalue weighted by molar-refractivity contribution is -0.142. The highest BCUT2D eigenvalue weighted by Gasteiger charge is 2.20. The first-order chi connectivity index (χ1) is 7.47. The van der Waals surface area contributed by atoms with Crippen LogP contribution in [0.2, 0.25) is 0 Å². The van der Waals surface area contributed by atoms with Gasteiger partial charge < -0.3 is 10.4 Å². The SMILES string of the molecule is CC(C)C[C@H](NC(=O)CCCCCl)C(=O)O. The molecule has 2 N–H and O–H groups in total. The minimum absolute atomic E-state index is 0.210. The molecular formula is C11H20ClNO3. The van der Waals surface area contributed by atoms with E-state index in [1.807, 2.05) is 13.8 Å². The van der Waals surface area contributed by atoms with Gasteiger partial charge in [0.15, 0.2) is 0 Å². The molecule has 5 heteroatoms. The van der Waals surface area contributed by atoms with E-state index in [2.05, 4.69) is 5.32 Å². The fraction of sp³-hybridized carbons (Fsp3) is 0.818. The normalized spacial score (nSPS) is 12.5. The third-order valence-corrected chi connectivity index (χ3v) is 2.40. The predicted molar refractivity (Wildman–Crippen MR) is 63.6 cm³/mol. The molecule has 0 saturated carbocycles. The highest BCUT2D eigenvalue weighted by molar-refractivity contribution is 6.17. The van der Waals surface area contributed by atoms with E-state index in [1.165, 1.54) is 0 Å². The molecule has 16 heavy (non-hydrogen) atoms. The van der Waals surface area contributed by atoms with Crippen LogP contribution in [-0.4, -0.2) is 28.9 Å². The maximum atomic E-state index is 11.4. The molecule has 0 radical (unpaired) electrons. The van der Waals surface area contributed by atoms with Gasteiger partial charge in [-0.1, -0.05) is 13.8 Å². The van der Waals surface area contributed by atoms with Crippen molar-refractivity contribution < 1.29 is 14.7 Å². The molecule has 1 amide bonds. The van der Waals surface area contributed by atoms with Crippen LogP contribution in [0.1, 0.15) is 39.5 Å². The number of carboxylic acid groups (broad SMARTS) is 1. The Morgan fingerprint density at radius 1 is 1.31 bits per heavy atom. The second-order valence-electron chi connectivity index (χ2n) is 4.23. The lowest BCUT2D eigenvalue weighted by atomic mass is 10.0. The summed E-state index contributed by atoms with van der Waals surface area (Å²) in [5, 5.41) is 11.4. The summed E-state index contributed by atoms with van der Waals surface area (Å²) in [5.41, 5.74) is 0.